The monoisotopic (exact) mass is 324 g/mol. The molecule has 0 aromatic heterocycles. The molecular formula is C18H26F2N2O. The van der Waals surface area contributed by atoms with Gasteiger partial charge in [-0.3, -0.25) is 4.90 Å². The number of nitrogens with one attached hydrogen (secondary N) is 1. The molecular weight excluding hydrogens is 298 g/mol. The van der Waals surface area contributed by atoms with Gasteiger partial charge in [0.1, 0.15) is 11.4 Å². The molecule has 1 N–H and O–H groups in total. The van der Waals surface area contributed by atoms with Crippen molar-refractivity contribution < 1.29 is 13.5 Å². The quantitative estimate of drug-likeness (QED) is 0.900. The summed E-state index contributed by atoms with van der Waals surface area (Å²) in [6.45, 7) is 6.41. The van der Waals surface area contributed by atoms with Gasteiger partial charge in [-0.15, -0.1) is 0 Å². The van der Waals surface area contributed by atoms with Gasteiger partial charge < -0.3 is 10.1 Å². The van der Waals surface area contributed by atoms with E-state index in [2.05, 4.69) is 37.4 Å². The van der Waals surface area contributed by atoms with Crippen molar-refractivity contribution in [3.8, 4) is 5.75 Å². The van der Waals surface area contributed by atoms with Crippen LogP contribution in [-0.4, -0.2) is 42.6 Å². The Kier molecular flexibility index (Phi) is 4.87. The van der Waals surface area contributed by atoms with E-state index in [1.807, 2.05) is 4.90 Å². The fraction of sp³-hybridized carbons (Fsp3) is 0.667. The largest absolute Gasteiger partial charge is 0.487 e. The molecule has 0 spiro atoms. The summed E-state index contributed by atoms with van der Waals surface area (Å²) < 4.78 is 30.9. The number of hydrogen-bond donors (Lipinski definition) is 1. The third-order valence-electron chi connectivity index (χ3n) is 4.74. The van der Waals surface area contributed by atoms with Gasteiger partial charge in [-0.2, -0.15) is 0 Å². The van der Waals surface area contributed by atoms with Crippen LogP contribution in [0, 0.1) is 0 Å². The summed E-state index contributed by atoms with van der Waals surface area (Å²) in [5.74, 6) is 1.03. The molecule has 1 fully saturated rings. The maximum atomic E-state index is 12.4. The molecule has 1 aromatic rings. The fourth-order valence-electron chi connectivity index (χ4n) is 3.59. The Morgan fingerprint density at radius 2 is 2.04 bits per heavy atom. The molecule has 3 nitrogen and oxygen atoms in total. The minimum absolute atomic E-state index is 0.0954. The van der Waals surface area contributed by atoms with Gasteiger partial charge in [0.15, 0.2) is 0 Å². The van der Waals surface area contributed by atoms with E-state index in [-0.39, 0.29) is 12.1 Å². The van der Waals surface area contributed by atoms with Crippen molar-refractivity contribution in [3.05, 3.63) is 29.3 Å². The summed E-state index contributed by atoms with van der Waals surface area (Å²) in [6.07, 6.45) is 0.566. The van der Waals surface area contributed by atoms with Crippen LogP contribution in [0.4, 0.5) is 8.78 Å². The molecule has 2 aliphatic heterocycles. The van der Waals surface area contributed by atoms with Crippen LogP contribution in [0.3, 0.4) is 0 Å². The Morgan fingerprint density at radius 3 is 2.74 bits per heavy atom. The van der Waals surface area contributed by atoms with Crippen LogP contribution in [-0.2, 0) is 13.0 Å². The lowest BCUT2D eigenvalue weighted by atomic mass is 10.00. The number of rotatable bonds is 5. The topological polar surface area (TPSA) is 24.5 Å². The second kappa shape index (κ2) is 6.73. The zero-order valence-electron chi connectivity index (χ0n) is 13.9. The van der Waals surface area contributed by atoms with Crippen LogP contribution < -0.4 is 10.1 Å². The summed E-state index contributed by atoms with van der Waals surface area (Å²) in [7, 11) is 0. The van der Waals surface area contributed by atoms with Crippen molar-refractivity contribution in [1.29, 1.82) is 0 Å². The van der Waals surface area contributed by atoms with Crippen LogP contribution in [0.2, 0.25) is 0 Å². The van der Waals surface area contributed by atoms with E-state index >= 15 is 0 Å². The molecule has 0 unspecified atom stereocenters. The minimum atomic E-state index is -2.23. The molecule has 3 rings (SSSR count). The SMILES string of the molecule is CC1(C)Cc2cccc(CNC3CCN(CC(F)F)CC3)c2O1. The molecule has 5 heteroatoms. The van der Waals surface area contributed by atoms with E-state index in [9.17, 15) is 8.78 Å². The highest BCUT2D eigenvalue weighted by molar-refractivity contribution is 5.45. The van der Waals surface area contributed by atoms with Crippen molar-refractivity contribution in [1.82, 2.24) is 10.2 Å². The highest BCUT2D eigenvalue weighted by atomic mass is 19.3. The van der Waals surface area contributed by atoms with E-state index in [1.165, 1.54) is 11.1 Å². The highest BCUT2D eigenvalue weighted by Crippen LogP contribution is 2.37. The van der Waals surface area contributed by atoms with Crippen LogP contribution in [0.15, 0.2) is 18.2 Å². The average Bonchev–Trinajstić information content (AvgIpc) is 2.80. The number of nitrogens with zero attached hydrogens (tertiary/aromatic N) is 1. The van der Waals surface area contributed by atoms with Gasteiger partial charge in [-0.05, 0) is 45.3 Å². The van der Waals surface area contributed by atoms with Gasteiger partial charge in [0.05, 0.1) is 6.54 Å². The van der Waals surface area contributed by atoms with Crippen molar-refractivity contribution in [2.45, 2.75) is 57.7 Å². The Labute approximate surface area is 137 Å². The zero-order valence-corrected chi connectivity index (χ0v) is 13.9. The number of halogens is 2. The highest BCUT2D eigenvalue weighted by Gasteiger charge is 2.31. The van der Waals surface area contributed by atoms with E-state index in [0.29, 0.717) is 6.04 Å². The molecule has 0 atom stereocenters. The summed E-state index contributed by atoms with van der Waals surface area (Å²) >= 11 is 0. The molecule has 128 valence electrons. The first-order valence-electron chi connectivity index (χ1n) is 8.47. The number of benzene rings is 1. The van der Waals surface area contributed by atoms with Crippen molar-refractivity contribution >= 4 is 0 Å². The number of hydrogen-bond acceptors (Lipinski definition) is 3. The smallest absolute Gasteiger partial charge is 0.251 e. The second-order valence-corrected chi connectivity index (χ2v) is 7.29. The average molecular weight is 324 g/mol. The van der Waals surface area contributed by atoms with E-state index in [1.54, 1.807) is 0 Å². The lowest BCUT2D eigenvalue weighted by Crippen LogP contribution is -2.43. The summed E-state index contributed by atoms with van der Waals surface area (Å²) in [6, 6.07) is 6.73. The number of ether oxygens (including phenoxy) is 1. The Hall–Kier alpha value is -1.20. The summed E-state index contributed by atoms with van der Waals surface area (Å²) in [5, 5.41) is 3.57. The molecule has 0 bridgehead atoms. The predicted octanol–water partition coefficient (Wildman–Crippen LogP) is 3.22. The summed E-state index contributed by atoms with van der Waals surface area (Å²) in [5.41, 5.74) is 2.35. The summed E-state index contributed by atoms with van der Waals surface area (Å²) in [4.78, 5) is 1.86. The Morgan fingerprint density at radius 1 is 1.30 bits per heavy atom. The number of piperidine rings is 1. The van der Waals surface area contributed by atoms with Gasteiger partial charge in [0.2, 0.25) is 0 Å². The Bertz CT molecular complexity index is 540. The minimum Gasteiger partial charge on any atom is -0.487 e. The molecule has 0 radical (unpaired) electrons. The van der Waals surface area contributed by atoms with Crippen LogP contribution >= 0.6 is 0 Å². The number of alkyl halides is 2. The fourth-order valence-corrected chi connectivity index (χ4v) is 3.59. The molecule has 1 aromatic carbocycles. The maximum absolute atomic E-state index is 12.4. The Balaban J connectivity index is 1.52. The van der Waals surface area contributed by atoms with Crippen molar-refractivity contribution in [2.24, 2.45) is 0 Å². The zero-order chi connectivity index (χ0) is 16.4. The first-order valence-corrected chi connectivity index (χ1v) is 8.47. The third kappa shape index (κ3) is 4.21. The van der Waals surface area contributed by atoms with E-state index < -0.39 is 6.43 Å². The van der Waals surface area contributed by atoms with E-state index in [0.717, 1.165) is 44.6 Å². The molecule has 0 aliphatic carbocycles. The number of likely N-dealkylation sites (tertiary alicyclic amines) is 1. The van der Waals surface area contributed by atoms with Gasteiger partial charge in [-0.1, -0.05) is 18.2 Å². The normalized spacial score (nSPS) is 21.4. The maximum Gasteiger partial charge on any atom is 0.251 e. The van der Waals surface area contributed by atoms with Crippen LogP contribution in [0.5, 0.6) is 5.75 Å². The second-order valence-electron chi connectivity index (χ2n) is 7.29. The van der Waals surface area contributed by atoms with Gasteiger partial charge in [-0.25, -0.2) is 8.78 Å². The molecule has 1 saturated heterocycles. The standard InChI is InChI=1S/C18H26F2N2O/c1-18(2)10-13-4-3-5-14(17(13)23-18)11-21-15-6-8-22(9-7-15)12-16(19)20/h3-5,15-16,21H,6-12H2,1-2H3. The predicted molar refractivity (Wildman–Crippen MR) is 87.2 cm³/mol. The van der Waals surface area contributed by atoms with E-state index in [4.69, 9.17) is 4.74 Å². The van der Waals surface area contributed by atoms with Crippen molar-refractivity contribution in [3.63, 3.8) is 0 Å². The van der Waals surface area contributed by atoms with Crippen LogP contribution in [0.25, 0.3) is 0 Å². The first-order chi connectivity index (χ1) is 10.9. The lowest BCUT2D eigenvalue weighted by Gasteiger charge is -2.32. The van der Waals surface area contributed by atoms with Gasteiger partial charge >= 0.3 is 0 Å². The molecule has 2 heterocycles. The third-order valence-corrected chi connectivity index (χ3v) is 4.74. The number of fused-ring (bicyclic) bond motifs is 1. The van der Waals surface area contributed by atoms with Gasteiger partial charge in [0, 0.05) is 24.6 Å². The molecule has 23 heavy (non-hydrogen) atoms. The molecule has 0 amide bonds. The van der Waals surface area contributed by atoms with Gasteiger partial charge in [0.25, 0.3) is 6.43 Å². The van der Waals surface area contributed by atoms with Crippen molar-refractivity contribution in [2.75, 3.05) is 19.6 Å². The lowest BCUT2D eigenvalue weighted by molar-refractivity contribution is 0.0729. The molecule has 2 aliphatic rings. The molecule has 0 saturated carbocycles. The first kappa shape index (κ1) is 16.7. The van der Waals surface area contributed by atoms with Crippen LogP contribution in [0.1, 0.15) is 37.8 Å². The number of para-hydroxylation sites is 1.